The lowest BCUT2D eigenvalue weighted by atomic mass is 10.1. The van der Waals surface area contributed by atoms with Crippen LogP contribution in [0.2, 0.25) is 0 Å². The van der Waals surface area contributed by atoms with E-state index >= 15 is 0 Å². The van der Waals surface area contributed by atoms with Gasteiger partial charge in [-0.15, -0.1) is 0 Å². The molecule has 1 N–H and O–H groups in total. The molecule has 4 nitrogen and oxygen atoms in total. The van der Waals surface area contributed by atoms with Crippen LogP contribution in [-0.4, -0.2) is 14.7 Å². The summed E-state index contributed by atoms with van der Waals surface area (Å²) in [5.74, 6) is 1.61. The van der Waals surface area contributed by atoms with Crippen molar-refractivity contribution >= 4 is 11.0 Å². The number of para-hydroxylation sites is 2. The lowest BCUT2D eigenvalue weighted by molar-refractivity contribution is 0.154. The van der Waals surface area contributed by atoms with Gasteiger partial charge in [0, 0.05) is 0 Å². The third kappa shape index (κ3) is 3.86. The van der Waals surface area contributed by atoms with Crippen molar-refractivity contribution in [1.82, 2.24) is 9.55 Å². The van der Waals surface area contributed by atoms with Crippen LogP contribution in [0.1, 0.15) is 23.1 Å². The number of aryl methyl sites for hydroxylation is 1. The molecule has 27 heavy (non-hydrogen) atoms. The fourth-order valence-corrected chi connectivity index (χ4v) is 3.18. The number of fused-ring (bicyclic) bond motifs is 1. The summed E-state index contributed by atoms with van der Waals surface area (Å²) >= 11 is 0. The predicted molar refractivity (Wildman–Crippen MR) is 107 cm³/mol. The number of hydrogen-bond acceptors (Lipinski definition) is 3. The molecule has 0 radical (unpaired) electrons. The Kier molecular flexibility index (Phi) is 4.90. The van der Waals surface area contributed by atoms with Gasteiger partial charge in [-0.1, -0.05) is 60.2 Å². The Morgan fingerprint density at radius 1 is 0.926 bits per heavy atom. The SMILES string of the molecule is Cc1ccc(OCc2nc3ccccc3n2C[C@H](O)c2ccccc2)cc1. The molecule has 0 unspecified atom stereocenters. The molecule has 0 saturated carbocycles. The van der Waals surface area contributed by atoms with Crippen molar-refractivity contribution in [3.05, 3.63) is 95.8 Å². The molecule has 0 saturated heterocycles. The third-order valence-corrected chi connectivity index (χ3v) is 4.66. The van der Waals surface area contributed by atoms with Crippen LogP contribution >= 0.6 is 0 Å². The number of imidazole rings is 1. The summed E-state index contributed by atoms with van der Waals surface area (Å²) in [5.41, 5.74) is 3.98. The summed E-state index contributed by atoms with van der Waals surface area (Å²) in [6.07, 6.45) is -0.609. The maximum atomic E-state index is 10.7. The zero-order valence-electron chi connectivity index (χ0n) is 15.2. The highest BCUT2D eigenvalue weighted by atomic mass is 16.5. The number of ether oxygens (including phenoxy) is 1. The van der Waals surface area contributed by atoms with Crippen LogP contribution in [0.5, 0.6) is 5.75 Å². The lowest BCUT2D eigenvalue weighted by Gasteiger charge is -2.15. The van der Waals surface area contributed by atoms with Crippen molar-refractivity contribution in [3.8, 4) is 5.75 Å². The second-order valence-corrected chi connectivity index (χ2v) is 6.66. The van der Waals surface area contributed by atoms with Crippen LogP contribution in [0.3, 0.4) is 0 Å². The van der Waals surface area contributed by atoms with Crippen LogP contribution in [0.4, 0.5) is 0 Å². The number of benzene rings is 3. The fourth-order valence-electron chi connectivity index (χ4n) is 3.18. The Morgan fingerprint density at radius 3 is 2.41 bits per heavy atom. The lowest BCUT2D eigenvalue weighted by Crippen LogP contribution is -2.13. The molecule has 0 aliphatic rings. The van der Waals surface area contributed by atoms with E-state index in [2.05, 4.69) is 0 Å². The Morgan fingerprint density at radius 2 is 1.63 bits per heavy atom. The van der Waals surface area contributed by atoms with Crippen LogP contribution in [0.15, 0.2) is 78.9 Å². The molecule has 4 heteroatoms. The maximum absolute atomic E-state index is 10.7. The molecule has 0 aliphatic carbocycles. The van der Waals surface area contributed by atoms with Gasteiger partial charge < -0.3 is 14.4 Å². The molecule has 1 aromatic heterocycles. The first-order valence-electron chi connectivity index (χ1n) is 9.07. The molecule has 0 fully saturated rings. The predicted octanol–water partition coefficient (Wildman–Crippen LogP) is 4.66. The first kappa shape index (κ1) is 17.3. The average molecular weight is 358 g/mol. The molecule has 1 heterocycles. The van der Waals surface area contributed by atoms with Crippen molar-refractivity contribution < 1.29 is 9.84 Å². The molecule has 1 atom stereocenters. The van der Waals surface area contributed by atoms with Crippen LogP contribution < -0.4 is 4.74 Å². The zero-order chi connectivity index (χ0) is 18.6. The second-order valence-electron chi connectivity index (χ2n) is 6.66. The smallest absolute Gasteiger partial charge is 0.148 e. The molecule has 3 aromatic carbocycles. The van der Waals surface area contributed by atoms with Gasteiger partial charge in [0.25, 0.3) is 0 Å². The Labute approximate surface area is 158 Å². The fraction of sp³-hybridized carbons (Fsp3) is 0.174. The topological polar surface area (TPSA) is 47.3 Å². The number of rotatable bonds is 6. The van der Waals surface area contributed by atoms with E-state index in [9.17, 15) is 5.11 Å². The maximum Gasteiger partial charge on any atom is 0.148 e. The van der Waals surface area contributed by atoms with E-state index in [0.717, 1.165) is 28.2 Å². The Hall–Kier alpha value is -3.11. The average Bonchev–Trinajstić information content (AvgIpc) is 3.06. The van der Waals surface area contributed by atoms with Gasteiger partial charge in [0.1, 0.15) is 18.2 Å². The molecule has 0 spiro atoms. The van der Waals surface area contributed by atoms with Gasteiger partial charge >= 0.3 is 0 Å². The highest BCUT2D eigenvalue weighted by Gasteiger charge is 2.15. The van der Waals surface area contributed by atoms with Gasteiger partial charge in [0.2, 0.25) is 0 Å². The molecule has 0 aliphatic heterocycles. The summed E-state index contributed by atoms with van der Waals surface area (Å²) in [6, 6.07) is 25.6. The van der Waals surface area contributed by atoms with Crippen molar-refractivity contribution in [2.24, 2.45) is 0 Å². The monoisotopic (exact) mass is 358 g/mol. The molecule has 0 bridgehead atoms. The summed E-state index contributed by atoms with van der Waals surface area (Å²) in [5, 5.41) is 10.7. The van der Waals surface area contributed by atoms with Crippen molar-refractivity contribution in [2.75, 3.05) is 0 Å². The standard InChI is InChI=1S/C23H22N2O2/c1-17-11-13-19(14-12-17)27-16-23-24-20-9-5-6-10-21(20)25(23)15-22(26)18-7-3-2-4-8-18/h2-14,22,26H,15-16H2,1H3/t22-/m0/s1. The molecule has 136 valence electrons. The quantitative estimate of drug-likeness (QED) is 0.545. The Bertz CT molecular complexity index is 1020. The second kappa shape index (κ2) is 7.64. The van der Waals surface area contributed by atoms with Crippen LogP contribution in [0.25, 0.3) is 11.0 Å². The molecular weight excluding hydrogens is 336 g/mol. The van der Waals surface area contributed by atoms with E-state index < -0.39 is 6.10 Å². The number of aromatic nitrogens is 2. The first-order valence-corrected chi connectivity index (χ1v) is 9.07. The summed E-state index contributed by atoms with van der Waals surface area (Å²) < 4.78 is 7.98. The number of nitrogens with zero attached hydrogens (tertiary/aromatic N) is 2. The first-order chi connectivity index (χ1) is 13.2. The minimum Gasteiger partial charge on any atom is -0.486 e. The van der Waals surface area contributed by atoms with Gasteiger partial charge in [-0.25, -0.2) is 4.98 Å². The number of hydrogen-bond donors (Lipinski definition) is 1. The third-order valence-electron chi connectivity index (χ3n) is 4.66. The van der Waals surface area contributed by atoms with Gasteiger partial charge in [-0.3, -0.25) is 0 Å². The van der Waals surface area contributed by atoms with Gasteiger partial charge in [0.15, 0.2) is 0 Å². The van der Waals surface area contributed by atoms with Crippen LogP contribution in [-0.2, 0) is 13.2 Å². The summed E-state index contributed by atoms with van der Waals surface area (Å²) in [6.45, 7) is 2.82. The highest BCUT2D eigenvalue weighted by Crippen LogP contribution is 2.22. The zero-order valence-corrected chi connectivity index (χ0v) is 15.2. The summed E-state index contributed by atoms with van der Waals surface area (Å²) in [7, 11) is 0. The van der Waals surface area contributed by atoms with E-state index in [0.29, 0.717) is 13.2 Å². The van der Waals surface area contributed by atoms with Gasteiger partial charge in [-0.05, 0) is 36.8 Å². The Balaban J connectivity index is 1.61. The number of aliphatic hydroxyl groups is 1. The highest BCUT2D eigenvalue weighted by molar-refractivity contribution is 5.75. The van der Waals surface area contributed by atoms with E-state index in [-0.39, 0.29) is 0 Å². The van der Waals surface area contributed by atoms with E-state index in [1.165, 1.54) is 5.56 Å². The van der Waals surface area contributed by atoms with Gasteiger partial charge in [0.05, 0.1) is 23.7 Å². The van der Waals surface area contributed by atoms with E-state index in [4.69, 9.17) is 9.72 Å². The van der Waals surface area contributed by atoms with Crippen LogP contribution in [0, 0.1) is 6.92 Å². The minimum atomic E-state index is -0.609. The van der Waals surface area contributed by atoms with E-state index in [1.54, 1.807) is 0 Å². The molecular formula is C23H22N2O2. The number of aliphatic hydroxyl groups excluding tert-OH is 1. The largest absolute Gasteiger partial charge is 0.486 e. The van der Waals surface area contributed by atoms with Crippen molar-refractivity contribution in [3.63, 3.8) is 0 Å². The van der Waals surface area contributed by atoms with Gasteiger partial charge in [-0.2, -0.15) is 0 Å². The van der Waals surface area contributed by atoms with Crippen molar-refractivity contribution in [2.45, 2.75) is 26.2 Å². The molecule has 4 aromatic rings. The normalized spacial score (nSPS) is 12.2. The summed E-state index contributed by atoms with van der Waals surface area (Å²) in [4.78, 5) is 4.72. The molecule has 0 amide bonds. The van der Waals surface area contributed by atoms with Crippen molar-refractivity contribution in [1.29, 1.82) is 0 Å². The van der Waals surface area contributed by atoms with E-state index in [1.807, 2.05) is 90.4 Å². The minimum absolute atomic E-state index is 0.346. The molecule has 4 rings (SSSR count).